The minimum Gasteiger partial charge on any atom is -0.425 e. The Morgan fingerprint density at radius 2 is 1.73 bits per heavy atom. The van der Waals surface area contributed by atoms with Crippen molar-refractivity contribution in [3.8, 4) is 0 Å². The van der Waals surface area contributed by atoms with Crippen LogP contribution in [0.2, 0.25) is 0 Å². The van der Waals surface area contributed by atoms with Crippen LogP contribution in [0.1, 0.15) is 0 Å². The minimum atomic E-state index is -3.51. The van der Waals surface area contributed by atoms with E-state index in [4.69, 9.17) is 5.11 Å². The van der Waals surface area contributed by atoms with E-state index < -0.39 is 25.1 Å². The van der Waals surface area contributed by atoms with Gasteiger partial charge in [0.05, 0.1) is 0 Å². The van der Waals surface area contributed by atoms with Crippen molar-refractivity contribution in [1.82, 2.24) is 0 Å². The van der Waals surface area contributed by atoms with Crippen molar-refractivity contribution in [1.29, 1.82) is 0 Å². The van der Waals surface area contributed by atoms with Gasteiger partial charge in [-0.2, -0.15) is 8.78 Å². The van der Waals surface area contributed by atoms with Gasteiger partial charge in [0.15, 0.2) is 0 Å². The molecule has 0 bridgehead atoms. The zero-order chi connectivity index (χ0) is 9.02. The molecular formula is C4H4F4O3. The average molecular weight is 176 g/mol. The summed E-state index contributed by atoms with van der Waals surface area (Å²) in [6.07, 6.45) is -9.67. The van der Waals surface area contributed by atoms with Crippen molar-refractivity contribution >= 4 is 5.97 Å². The van der Waals surface area contributed by atoms with Crippen LogP contribution in [-0.4, -0.2) is 30.2 Å². The summed E-state index contributed by atoms with van der Waals surface area (Å²) in [5.41, 5.74) is 0. The second-order valence-corrected chi connectivity index (χ2v) is 1.46. The van der Waals surface area contributed by atoms with Crippen molar-refractivity contribution in [3.05, 3.63) is 0 Å². The van der Waals surface area contributed by atoms with E-state index in [2.05, 4.69) is 4.74 Å². The molecule has 0 aromatic rings. The van der Waals surface area contributed by atoms with E-state index in [1.165, 1.54) is 0 Å². The quantitative estimate of drug-likeness (QED) is 0.384. The second kappa shape index (κ2) is 4.12. The molecule has 0 aliphatic carbocycles. The van der Waals surface area contributed by atoms with Gasteiger partial charge in [-0.1, -0.05) is 0 Å². The Hall–Kier alpha value is -0.850. The first-order valence-electron chi connectivity index (χ1n) is 2.40. The molecule has 3 nitrogen and oxygen atoms in total. The summed E-state index contributed by atoms with van der Waals surface area (Å²) in [7, 11) is 0. The molecule has 0 aliphatic rings. The van der Waals surface area contributed by atoms with E-state index in [1.807, 2.05) is 0 Å². The first-order valence-corrected chi connectivity index (χ1v) is 2.40. The average Bonchev–Trinajstić information content (AvgIpc) is 1.87. The molecule has 1 N–H and O–H groups in total. The Morgan fingerprint density at radius 1 is 1.27 bits per heavy atom. The molecule has 0 spiro atoms. The zero-order valence-electron chi connectivity index (χ0n) is 5.01. The second-order valence-electron chi connectivity index (χ2n) is 1.46. The van der Waals surface area contributed by atoms with Crippen molar-refractivity contribution in [3.63, 3.8) is 0 Å². The Balaban J connectivity index is 3.76. The first kappa shape index (κ1) is 10.2. The highest BCUT2D eigenvalue weighted by molar-refractivity contribution is 5.72. The van der Waals surface area contributed by atoms with Crippen LogP contribution in [-0.2, 0) is 9.53 Å². The summed E-state index contributed by atoms with van der Waals surface area (Å²) < 4.78 is 48.2. The fourth-order valence-corrected chi connectivity index (χ4v) is 0.222. The molecule has 1 atom stereocenters. The molecule has 7 heteroatoms. The Bertz CT molecular complexity index is 137. The molecule has 0 aliphatic heterocycles. The number of ether oxygens (including phenoxy) is 1. The Labute approximate surface area is 58.6 Å². The lowest BCUT2D eigenvalue weighted by Gasteiger charge is -2.09. The van der Waals surface area contributed by atoms with Gasteiger partial charge in [0.25, 0.3) is 12.7 Å². The fourth-order valence-electron chi connectivity index (χ4n) is 0.222. The van der Waals surface area contributed by atoms with Crippen LogP contribution in [0.3, 0.4) is 0 Å². The standard InChI is InChI=1S/C4H4F4O3/c5-1(6)3(9)11-4(10)2(7)8/h1-3,9H. The third kappa shape index (κ3) is 3.76. The number of alkyl halides is 4. The molecule has 66 valence electrons. The number of aliphatic hydroxyl groups excluding tert-OH is 1. The third-order valence-corrected chi connectivity index (χ3v) is 0.631. The molecule has 0 rings (SSSR count). The van der Waals surface area contributed by atoms with Gasteiger partial charge in [0.1, 0.15) is 0 Å². The van der Waals surface area contributed by atoms with Crippen LogP contribution < -0.4 is 0 Å². The monoisotopic (exact) mass is 176 g/mol. The molecule has 0 fully saturated rings. The topological polar surface area (TPSA) is 46.5 Å². The summed E-state index contributed by atoms with van der Waals surface area (Å²) in [4.78, 5) is 9.79. The molecule has 0 aromatic heterocycles. The first-order chi connectivity index (χ1) is 4.95. The maximum atomic E-state index is 11.3. The number of hydrogen-bond donors (Lipinski definition) is 1. The maximum absolute atomic E-state index is 11.3. The van der Waals surface area contributed by atoms with Gasteiger partial charge < -0.3 is 9.84 Å². The predicted octanol–water partition coefficient (Wildman–Crippen LogP) is 0.378. The minimum absolute atomic E-state index is 2.17. The van der Waals surface area contributed by atoms with Crippen molar-refractivity contribution in [2.24, 2.45) is 0 Å². The number of aliphatic hydroxyl groups is 1. The number of rotatable bonds is 3. The predicted molar refractivity (Wildman–Crippen MR) is 24.1 cm³/mol. The van der Waals surface area contributed by atoms with Gasteiger partial charge in [0, 0.05) is 0 Å². The molecule has 0 saturated carbocycles. The summed E-state index contributed by atoms with van der Waals surface area (Å²) in [6, 6.07) is 0. The number of esters is 1. The summed E-state index contributed by atoms with van der Waals surface area (Å²) in [5, 5.41) is 8.02. The molecule has 0 radical (unpaired) electrons. The van der Waals surface area contributed by atoms with Crippen LogP contribution in [0.25, 0.3) is 0 Å². The number of hydrogen-bond acceptors (Lipinski definition) is 3. The van der Waals surface area contributed by atoms with Crippen molar-refractivity contribution < 1.29 is 32.2 Å². The lowest BCUT2D eigenvalue weighted by atomic mass is 10.6. The van der Waals surface area contributed by atoms with Gasteiger partial charge in [-0.05, 0) is 0 Å². The smallest absolute Gasteiger partial charge is 0.376 e. The van der Waals surface area contributed by atoms with E-state index in [1.54, 1.807) is 0 Å². The highest BCUT2D eigenvalue weighted by atomic mass is 19.3. The van der Waals surface area contributed by atoms with Gasteiger partial charge in [-0.15, -0.1) is 0 Å². The van der Waals surface area contributed by atoms with Gasteiger partial charge in [0.2, 0.25) is 0 Å². The zero-order valence-corrected chi connectivity index (χ0v) is 5.01. The summed E-state index contributed by atoms with van der Waals surface area (Å²) in [5.74, 6) is -2.17. The van der Waals surface area contributed by atoms with Crippen LogP contribution >= 0.6 is 0 Å². The third-order valence-electron chi connectivity index (χ3n) is 0.631. The SMILES string of the molecule is O=C(OC(O)C(F)F)C(F)F. The van der Waals surface area contributed by atoms with E-state index in [0.717, 1.165) is 0 Å². The molecule has 0 saturated heterocycles. The van der Waals surface area contributed by atoms with Gasteiger partial charge in [-0.3, -0.25) is 0 Å². The van der Waals surface area contributed by atoms with Crippen LogP contribution in [0.15, 0.2) is 0 Å². The molecule has 0 aromatic carbocycles. The highest BCUT2D eigenvalue weighted by Crippen LogP contribution is 2.05. The van der Waals surface area contributed by atoms with Gasteiger partial charge in [-0.25, -0.2) is 13.6 Å². The Morgan fingerprint density at radius 3 is 2.00 bits per heavy atom. The fraction of sp³-hybridized carbons (Fsp3) is 0.750. The lowest BCUT2D eigenvalue weighted by molar-refractivity contribution is -0.203. The molecule has 0 amide bonds. The lowest BCUT2D eigenvalue weighted by Crippen LogP contribution is -2.28. The van der Waals surface area contributed by atoms with Crippen LogP contribution in [0, 0.1) is 0 Å². The summed E-state index contributed by atoms with van der Waals surface area (Å²) >= 11 is 0. The highest BCUT2D eigenvalue weighted by Gasteiger charge is 2.26. The Kier molecular flexibility index (Phi) is 3.80. The van der Waals surface area contributed by atoms with Crippen LogP contribution in [0.5, 0.6) is 0 Å². The molecule has 0 heterocycles. The van der Waals surface area contributed by atoms with E-state index in [9.17, 15) is 22.4 Å². The van der Waals surface area contributed by atoms with E-state index in [-0.39, 0.29) is 0 Å². The maximum Gasteiger partial charge on any atom is 0.376 e. The van der Waals surface area contributed by atoms with Crippen LogP contribution in [0.4, 0.5) is 17.6 Å². The molecule has 1 unspecified atom stereocenters. The van der Waals surface area contributed by atoms with Gasteiger partial charge >= 0.3 is 12.4 Å². The summed E-state index contributed by atoms with van der Waals surface area (Å²) in [6.45, 7) is 0. The van der Waals surface area contributed by atoms with Crippen molar-refractivity contribution in [2.45, 2.75) is 19.1 Å². The van der Waals surface area contributed by atoms with Crippen molar-refractivity contribution in [2.75, 3.05) is 0 Å². The number of halogens is 4. The largest absolute Gasteiger partial charge is 0.425 e. The van der Waals surface area contributed by atoms with E-state index >= 15 is 0 Å². The molecular weight excluding hydrogens is 172 g/mol. The van der Waals surface area contributed by atoms with E-state index in [0.29, 0.717) is 0 Å². The number of carbonyl (C=O) groups excluding carboxylic acids is 1. The molecule has 11 heavy (non-hydrogen) atoms. The normalized spacial score (nSPS) is 13.7. The number of carbonyl (C=O) groups is 1.